The molecule has 0 spiro atoms. The van der Waals surface area contributed by atoms with Crippen LogP contribution in [0.5, 0.6) is 0 Å². The lowest BCUT2D eigenvalue weighted by molar-refractivity contribution is -0.149. The highest BCUT2D eigenvalue weighted by molar-refractivity contribution is 7.36. The van der Waals surface area contributed by atoms with E-state index in [0.29, 0.717) is 5.52 Å². The maximum atomic E-state index is 15.4. The Hall–Kier alpha value is -2.31. The number of halogens is 1. The van der Waals surface area contributed by atoms with Crippen LogP contribution < -0.4 is 10.8 Å². The molecule has 1 saturated heterocycles. The lowest BCUT2D eigenvalue weighted by atomic mass is 9.98. The number of nitrogens with zero attached hydrogens (tertiary/aromatic N) is 4. The predicted octanol–water partition coefficient (Wildman–Crippen LogP) is 0.999. The number of fused-ring (bicyclic) bond motifs is 1. The standard InChI is InChI=1S/C17H25FN6O6P/c1-8(2)29-14(26)9(3)23-31(27)28-6-11-12(25)17(4,18)15(30-11)24-7-21-10-5-20-16(19)22-13(10)24/h5,7-9,11-12,15,25H,6H2,1-4H3,(H,23,27)(H2,19,20,22)/q+1. The van der Waals surface area contributed by atoms with Gasteiger partial charge in [-0.15, -0.1) is 4.52 Å². The summed E-state index contributed by atoms with van der Waals surface area (Å²) in [6.45, 7) is 5.62. The molecule has 0 saturated carbocycles. The number of rotatable bonds is 8. The van der Waals surface area contributed by atoms with Crippen molar-refractivity contribution < 1.29 is 32.9 Å². The SMILES string of the molecule is CC(C)OC(=O)C(C)N[P+](=O)OCC1OC(n2cnc3cnc(N)nc32)C(C)(F)C1O. The number of imidazole rings is 1. The summed E-state index contributed by atoms with van der Waals surface area (Å²) in [5, 5.41) is 12.9. The molecule has 4 N–H and O–H groups in total. The van der Waals surface area contributed by atoms with Crippen LogP contribution in [0.3, 0.4) is 0 Å². The number of ether oxygens (including phenoxy) is 2. The van der Waals surface area contributed by atoms with E-state index in [0.717, 1.165) is 0 Å². The van der Waals surface area contributed by atoms with Crippen LogP contribution in [-0.4, -0.2) is 67.2 Å². The number of nitrogens with two attached hydrogens (primary N) is 1. The first kappa shape index (κ1) is 23.4. The molecular formula is C17H25FN6O6P+. The number of alkyl halides is 1. The van der Waals surface area contributed by atoms with Gasteiger partial charge in [-0.1, -0.05) is 5.09 Å². The molecule has 170 valence electrons. The summed E-state index contributed by atoms with van der Waals surface area (Å²) in [6.07, 6.45) is -1.66. The molecule has 0 bridgehead atoms. The molecule has 31 heavy (non-hydrogen) atoms. The number of carbonyl (C=O) groups excluding carboxylic acids is 1. The van der Waals surface area contributed by atoms with E-state index >= 15 is 4.39 Å². The van der Waals surface area contributed by atoms with Gasteiger partial charge in [0.05, 0.1) is 18.6 Å². The second kappa shape index (κ2) is 9.05. The Morgan fingerprint density at radius 1 is 1.48 bits per heavy atom. The number of carbonyl (C=O) groups is 1. The van der Waals surface area contributed by atoms with Crippen molar-refractivity contribution in [1.29, 1.82) is 0 Å². The molecule has 12 nitrogen and oxygen atoms in total. The van der Waals surface area contributed by atoms with Crippen molar-refractivity contribution >= 4 is 31.3 Å². The molecule has 1 aliphatic rings. The number of anilines is 1. The van der Waals surface area contributed by atoms with Crippen LogP contribution in [0, 0.1) is 0 Å². The van der Waals surface area contributed by atoms with Gasteiger partial charge in [-0.25, -0.2) is 14.4 Å². The predicted molar refractivity (Wildman–Crippen MR) is 107 cm³/mol. The third-order valence-electron chi connectivity index (χ3n) is 4.66. The lowest BCUT2D eigenvalue weighted by Gasteiger charge is -2.24. The lowest BCUT2D eigenvalue weighted by Crippen LogP contribution is -2.40. The Morgan fingerprint density at radius 3 is 2.87 bits per heavy atom. The zero-order valence-electron chi connectivity index (χ0n) is 17.4. The van der Waals surface area contributed by atoms with Crippen molar-refractivity contribution in [2.75, 3.05) is 12.3 Å². The first-order valence-electron chi connectivity index (χ1n) is 9.55. The first-order chi connectivity index (χ1) is 14.5. The highest BCUT2D eigenvalue weighted by Crippen LogP contribution is 2.43. The molecule has 6 atom stereocenters. The van der Waals surface area contributed by atoms with Crippen molar-refractivity contribution in [3.8, 4) is 0 Å². The number of hydrogen-bond acceptors (Lipinski definition) is 10. The van der Waals surface area contributed by atoms with E-state index in [9.17, 15) is 14.5 Å². The number of aromatic nitrogens is 4. The second-order valence-electron chi connectivity index (χ2n) is 7.60. The Bertz CT molecular complexity index is 972. The Morgan fingerprint density at radius 2 is 2.19 bits per heavy atom. The average Bonchev–Trinajstić information content (AvgIpc) is 3.18. The van der Waals surface area contributed by atoms with Gasteiger partial charge in [0.1, 0.15) is 30.4 Å². The van der Waals surface area contributed by atoms with Crippen LogP contribution in [-0.2, 0) is 23.4 Å². The van der Waals surface area contributed by atoms with Crippen LogP contribution in [0.2, 0.25) is 0 Å². The zero-order valence-corrected chi connectivity index (χ0v) is 18.3. The van der Waals surface area contributed by atoms with Gasteiger partial charge < -0.3 is 20.3 Å². The Balaban J connectivity index is 1.65. The third kappa shape index (κ3) is 4.96. The van der Waals surface area contributed by atoms with Crippen molar-refractivity contribution in [2.24, 2.45) is 0 Å². The van der Waals surface area contributed by atoms with E-state index in [-0.39, 0.29) is 17.7 Å². The largest absolute Gasteiger partial charge is 0.613 e. The van der Waals surface area contributed by atoms with E-state index < -0.39 is 50.9 Å². The van der Waals surface area contributed by atoms with Crippen molar-refractivity contribution in [3.05, 3.63) is 12.5 Å². The van der Waals surface area contributed by atoms with Crippen LogP contribution in [0.4, 0.5) is 10.3 Å². The summed E-state index contributed by atoms with van der Waals surface area (Å²) in [4.78, 5) is 23.7. The van der Waals surface area contributed by atoms with Crippen LogP contribution in [0.1, 0.15) is 33.9 Å². The minimum absolute atomic E-state index is 0.0265. The topological polar surface area (TPSA) is 164 Å². The van der Waals surface area contributed by atoms with E-state index in [1.807, 2.05) is 0 Å². The molecule has 6 unspecified atom stereocenters. The smallest absolute Gasteiger partial charge is 0.462 e. The van der Waals surface area contributed by atoms with Gasteiger partial charge in [-0.05, 0) is 32.3 Å². The number of aliphatic hydroxyl groups excluding tert-OH is 1. The van der Waals surface area contributed by atoms with Gasteiger partial charge in [-0.2, -0.15) is 4.98 Å². The van der Waals surface area contributed by atoms with Gasteiger partial charge in [-0.3, -0.25) is 9.36 Å². The molecule has 0 radical (unpaired) electrons. The maximum Gasteiger partial charge on any atom is 0.613 e. The van der Waals surface area contributed by atoms with Gasteiger partial charge in [0.15, 0.2) is 17.5 Å². The number of hydrogen-bond donors (Lipinski definition) is 3. The van der Waals surface area contributed by atoms with E-state index in [2.05, 4.69) is 20.0 Å². The summed E-state index contributed by atoms with van der Waals surface area (Å²) in [5.41, 5.74) is 3.97. The van der Waals surface area contributed by atoms with E-state index in [1.165, 1.54) is 30.9 Å². The molecular weight excluding hydrogens is 434 g/mol. The first-order valence-corrected chi connectivity index (χ1v) is 10.7. The molecule has 14 heteroatoms. The van der Waals surface area contributed by atoms with Gasteiger partial charge >= 0.3 is 14.1 Å². The maximum absolute atomic E-state index is 15.4. The summed E-state index contributed by atoms with van der Waals surface area (Å²) in [5.74, 6) is -0.620. The quantitative estimate of drug-likeness (QED) is 0.381. The van der Waals surface area contributed by atoms with Crippen molar-refractivity contribution in [1.82, 2.24) is 24.6 Å². The molecule has 0 aromatic carbocycles. The molecule has 3 rings (SSSR count). The van der Waals surface area contributed by atoms with Crippen LogP contribution in [0.25, 0.3) is 11.2 Å². The van der Waals surface area contributed by atoms with E-state index in [4.69, 9.17) is 19.7 Å². The summed E-state index contributed by atoms with van der Waals surface area (Å²) < 4.78 is 44.6. The van der Waals surface area contributed by atoms with Gasteiger partial charge in [0.25, 0.3) is 0 Å². The number of nitrogens with one attached hydrogen (secondary N) is 1. The molecule has 1 aliphatic heterocycles. The summed E-state index contributed by atoms with van der Waals surface area (Å²) in [7, 11) is -2.51. The van der Waals surface area contributed by atoms with E-state index in [1.54, 1.807) is 13.8 Å². The number of aliphatic hydroxyl groups is 1. The Kier molecular flexibility index (Phi) is 6.82. The van der Waals surface area contributed by atoms with Crippen molar-refractivity contribution in [3.63, 3.8) is 0 Å². The highest BCUT2D eigenvalue weighted by Gasteiger charge is 2.56. The minimum Gasteiger partial charge on any atom is -0.462 e. The van der Waals surface area contributed by atoms with Crippen LogP contribution in [0.15, 0.2) is 12.5 Å². The van der Waals surface area contributed by atoms with Crippen LogP contribution >= 0.6 is 8.18 Å². The fourth-order valence-corrected chi connectivity index (χ4v) is 3.86. The normalized spacial score (nSPS) is 27.6. The molecule has 0 aliphatic carbocycles. The average molecular weight is 459 g/mol. The van der Waals surface area contributed by atoms with Gasteiger partial charge in [0.2, 0.25) is 5.95 Å². The van der Waals surface area contributed by atoms with Gasteiger partial charge in [0, 0.05) is 0 Å². The molecule has 0 amide bonds. The third-order valence-corrected chi connectivity index (χ3v) is 5.65. The number of esters is 1. The zero-order chi connectivity index (χ0) is 22.9. The molecule has 2 aromatic heterocycles. The fraction of sp³-hybridized carbons (Fsp3) is 0.647. The monoisotopic (exact) mass is 459 g/mol. The van der Waals surface area contributed by atoms with Crippen molar-refractivity contribution in [2.45, 2.75) is 63.9 Å². The summed E-state index contributed by atoms with van der Waals surface area (Å²) in [6, 6.07) is -0.887. The fourth-order valence-electron chi connectivity index (χ4n) is 3.09. The molecule has 3 heterocycles. The number of nitrogen functional groups attached to an aromatic ring is 1. The molecule has 1 fully saturated rings. The summed E-state index contributed by atoms with van der Waals surface area (Å²) >= 11 is 0. The minimum atomic E-state index is -2.51. The Labute approximate surface area is 178 Å². The second-order valence-corrected chi connectivity index (χ2v) is 8.63. The highest BCUT2D eigenvalue weighted by atomic mass is 31.1. The molecule has 2 aromatic rings.